The second-order valence-electron chi connectivity index (χ2n) is 6.94. The van der Waals surface area contributed by atoms with Crippen LogP contribution in [0.1, 0.15) is 17.9 Å². The Kier molecular flexibility index (Phi) is 6.78. The molecule has 158 valence electrons. The molecule has 0 spiro atoms. The first kappa shape index (κ1) is 21.6. The predicted octanol–water partition coefficient (Wildman–Crippen LogP) is 1.95. The predicted molar refractivity (Wildman–Crippen MR) is 105 cm³/mol. The molecule has 0 aliphatic carbocycles. The van der Waals surface area contributed by atoms with Crippen molar-refractivity contribution in [2.45, 2.75) is 24.6 Å². The number of thioether (sulfide) groups is 1. The molecule has 1 saturated heterocycles. The van der Waals surface area contributed by atoms with Crippen molar-refractivity contribution < 1.29 is 26.8 Å². The van der Waals surface area contributed by atoms with Gasteiger partial charge in [0.15, 0.2) is 21.4 Å². The van der Waals surface area contributed by atoms with Crippen molar-refractivity contribution in [3.63, 3.8) is 0 Å². The fourth-order valence-corrected chi connectivity index (χ4v) is 5.65. The zero-order valence-corrected chi connectivity index (χ0v) is 17.8. The van der Waals surface area contributed by atoms with E-state index in [1.54, 1.807) is 13.1 Å². The highest BCUT2D eigenvalue weighted by molar-refractivity contribution is 7.99. The number of amides is 1. The van der Waals surface area contributed by atoms with Crippen LogP contribution in [0.4, 0.5) is 4.39 Å². The van der Waals surface area contributed by atoms with Gasteiger partial charge in [0.2, 0.25) is 11.8 Å². The summed E-state index contributed by atoms with van der Waals surface area (Å²) in [6, 6.07) is 4.56. The highest BCUT2D eigenvalue weighted by atomic mass is 32.2. The summed E-state index contributed by atoms with van der Waals surface area (Å²) in [6.07, 6.45) is 1.02. The molecule has 0 N–H and O–H groups in total. The summed E-state index contributed by atoms with van der Waals surface area (Å²) in [5.41, 5.74) is 0.649. The summed E-state index contributed by atoms with van der Waals surface area (Å²) in [6.45, 7) is 0.256. The number of ether oxygens (including phenoxy) is 1. The van der Waals surface area contributed by atoms with E-state index in [4.69, 9.17) is 9.15 Å². The van der Waals surface area contributed by atoms with Crippen LogP contribution in [-0.4, -0.2) is 60.8 Å². The molecule has 1 aliphatic heterocycles. The first-order chi connectivity index (χ1) is 13.8. The Balaban J connectivity index is 1.47. The van der Waals surface area contributed by atoms with Crippen molar-refractivity contribution in [3.05, 3.63) is 35.5 Å². The number of carbonyl (C=O) groups excluding carboxylic acids is 1. The van der Waals surface area contributed by atoms with Crippen LogP contribution in [0.25, 0.3) is 0 Å². The van der Waals surface area contributed by atoms with E-state index >= 15 is 0 Å². The Morgan fingerprint density at radius 1 is 1.41 bits per heavy atom. The fraction of sp³-hybridized carbons (Fsp3) is 0.500. The van der Waals surface area contributed by atoms with E-state index in [0.29, 0.717) is 24.3 Å². The van der Waals surface area contributed by atoms with E-state index in [1.807, 2.05) is 0 Å². The van der Waals surface area contributed by atoms with Gasteiger partial charge in [-0.2, -0.15) is 0 Å². The Labute approximate surface area is 172 Å². The van der Waals surface area contributed by atoms with Gasteiger partial charge >= 0.3 is 0 Å². The van der Waals surface area contributed by atoms with Crippen molar-refractivity contribution in [2.75, 3.05) is 31.4 Å². The molecular weight excluding hydrogens is 421 g/mol. The van der Waals surface area contributed by atoms with Crippen LogP contribution in [0, 0.1) is 11.7 Å². The Hall–Kier alpha value is -2.14. The van der Waals surface area contributed by atoms with E-state index in [1.165, 1.54) is 24.1 Å². The number of sulfone groups is 1. The lowest BCUT2D eigenvalue weighted by Gasteiger charge is -2.17. The third-order valence-corrected chi connectivity index (χ3v) is 7.26. The van der Waals surface area contributed by atoms with Gasteiger partial charge < -0.3 is 14.1 Å². The minimum atomic E-state index is -2.95. The molecular formula is C18H22FN3O5S2. The van der Waals surface area contributed by atoms with Gasteiger partial charge in [0.1, 0.15) is 0 Å². The van der Waals surface area contributed by atoms with Crippen LogP contribution in [-0.2, 0) is 27.6 Å². The lowest BCUT2D eigenvalue weighted by Crippen LogP contribution is -2.27. The summed E-state index contributed by atoms with van der Waals surface area (Å²) in [5, 5.41) is 8.10. The zero-order chi connectivity index (χ0) is 21.0. The average Bonchev–Trinajstić information content (AvgIpc) is 3.25. The fourth-order valence-electron chi connectivity index (χ4n) is 3.06. The SMILES string of the molecule is COc1ccc(CN(C)C(=O)CSc2nnc(CC3CCS(=O)(=O)C3)o2)cc1F. The summed E-state index contributed by atoms with van der Waals surface area (Å²) in [5.74, 6) is 0.316. The van der Waals surface area contributed by atoms with Gasteiger partial charge in [0, 0.05) is 20.0 Å². The van der Waals surface area contributed by atoms with Gasteiger partial charge in [-0.15, -0.1) is 10.2 Å². The number of nitrogens with zero attached hydrogens (tertiary/aromatic N) is 3. The standard InChI is InChI=1S/C18H22FN3O5S2/c1-22(9-12-3-4-15(26-2)14(19)7-12)17(23)10-28-18-21-20-16(27-18)8-13-5-6-29(24,25)11-13/h3-4,7,13H,5-6,8-11H2,1-2H3. The first-order valence-electron chi connectivity index (χ1n) is 8.97. The second-order valence-corrected chi connectivity index (χ2v) is 10.1. The molecule has 1 aromatic carbocycles. The van der Waals surface area contributed by atoms with Gasteiger partial charge in [0.25, 0.3) is 5.22 Å². The molecule has 1 atom stereocenters. The number of carbonyl (C=O) groups is 1. The van der Waals surface area contributed by atoms with E-state index in [2.05, 4.69) is 10.2 Å². The van der Waals surface area contributed by atoms with Crippen LogP contribution in [0.3, 0.4) is 0 Å². The van der Waals surface area contributed by atoms with E-state index in [9.17, 15) is 17.6 Å². The number of hydrogen-bond donors (Lipinski definition) is 0. The second kappa shape index (κ2) is 9.12. The smallest absolute Gasteiger partial charge is 0.277 e. The van der Waals surface area contributed by atoms with E-state index in [-0.39, 0.29) is 46.6 Å². The molecule has 8 nitrogen and oxygen atoms in total. The van der Waals surface area contributed by atoms with Crippen LogP contribution < -0.4 is 4.74 Å². The molecule has 1 fully saturated rings. The quantitative estimate of drug-likeness (QED) is 0.571. The summed E-state index contributed by atoms with van der Waals surface area (Å²) in [7, 11) is 0.0741. The Morgan fingerprint density at radius 3 is 2.86 bits per heavy atom. The topological polar surface area (TPSA) is 103 Å². The van der Waals surface area contributed by atoms with Crippen molar-refractivity contribution in [1.29, 1.82) is 0 Å². The molecule has 0 saturated carbocycles. The molecule has 0 bridgehead atoms. The third kappa shape index (κ3) is 5.92. The number of methoxy groups -OCH3 is 1. The highest BCUT2D eigenvalue weighted by Crippen LogP contribution is 2.24. The van der Waals surface area contributed by atoms with Gasteiger partial charge in [-0.25, -0.2) is 12.8 Å². The van der Waals surface area contributed by atoms with Crippen molar-refractivity contribution >= 4 is 27.5 Å². The van der Waals surface area contributed by atoms with Crippen LogP contribution in [0.2, 0.25) is 0 Å². The number of benzene rings is 1. The maximum atomic E-state index is 13.8. The van der Waals surface area contributed by atoms with Gasteiger partial charge in [-0.05, 0) is 30.0 Å². The molecule has 0 radical (unpaired) electrons. The lowest BCUT2D eigenvalue weighted by molar-refractivity contribution is -0.127. The molecule has 1 amide bonds. The Morgan fingerprint density at radius 2 is 2.21 bits per heavy atom. The minimum absolute atomic E-state index is 0.00374. The first-order valence-corrected chi connectivity index (χ1v) is 11.8. The molecule has 11 heteroatoms. The summed E-state index contributed by atoms with van der Waals surface area (Å²) < 4.78 is 47.2. The van der Waals surface area contributed by atoms with Gasteiger partial charge in [0.05, 0.1) is 24.4 Å². The molecule has 1 aliphatic rings. The average molecular weight is 444 g/mol. The largest absolute Gasteiger partial charge is 0.494 e. The van der Waals surface area contributed by atoms with Crippen molar-refractivity contribution in [1.82, 2.24) is 15.1 Å². The van der Waals surface area contributed by atoms with Crippen LogP contribution in [0.5, 0.6) is 5.75 Å². The summed E-state index contributed by atoms with van der Waals surface area (Å²) in [4.78, 5) is 13.8. The number of rotatable bonds is 8. The number of halogens is 1. The van der Waals surface area contributed by atoms with Crippen LogP contribution in [0.15, 0.2) is 27.8 Å². The normalized spacial score (nSPS) is 18.0. The molecule has 2 heterocycles. The van der Waals surface area contributed by atoms with Gasteiger partial charge in [-0.1, -0.05) is 17.8 Å². The lowest BCUT2D eigenvalue weighted by atomic mass is 10.1. The van der Waals surface area contributed by atoms with Crippen LogP contribution >= 0.6 is 11.8 Å². The molecule has 29 heavy (non-hydrogen) atoms. The number of aromatic nitrogens is 2. The van der Waals surface area contributed by atoms with Crippen molar-refractivity contribution in [2.24, 2.45) is 5.92 Å². The monoisotopic (exact) mass is 443 g/mol. The third-order valence-electron chi connectivity index (χ3n) is 4.62. The Bertz CT molecular complexity index is 980. The maximum absolute atomic E-state index is 13.8. The van der Waals surface area contributed by atoms with Gasteiger partial charge in [-0.3, -0.25) is 4.79 Å². The maximum Gasteiger partial charge on any atom is 0.277 e. The van der Waals surface area contributed by atoms with Crippen molar-refractivity contribution in [3.8, 4) is 5.75 Å². The van der Waals surface area contributed by atoms with E-state index in [0.717, 1.165) is 11.8 Å². The molecule has 3 rings (SSSR count). The summed E-state index contributed by atoms with van der Waals surface area (Å²) >= 11 is 1.11. The zero-order valence-electron chi connectivity index (χ0n) is 16.1. The minimum Gasteiger partial charge on any atom is -0.494 e. The number of hydrogen-bond acceptors (Lipinski definition) is 8. The molecule has 1 aromatic heterocycles. The van der Waals surface area contributed by atoms with E-state index < -0.39 is 15.7 Å². The molecule has 2 aromatic rings. The molecule has 1 unspecified atom stereocenters. The highest BCUT2D eigenvalue weighted by Gasteiger charge is 2.29.